The molecule has 0 saturated heterocycles. The second kappa shape index (κ2) is 5.85. The molecule has 18 heavy (non-hydrogen) atoms. The lowest BCUT2D eigenvalue weighted by molar-refractivity contribution is 0.00300. The van der Waals surface area contributed by atoms with E-state index in [1.165, 1.54) is 17.5 Å². The molecule has 1 atom stereocenters. The minimum atomic E-state index is -0.475. The predicted octanol–water partition coefficient (Wildman–Crippen LogP) is 3.34. The molecule has 1 aliphatic rings. The predicted molar refractivity (Wildman–Crippen MR) is 75.6 cm³/mol. The molecule has 1 saturated carbocycles. The average Bonchev–Trinajstić information content (AvgIpc) is 2.38. The SMILES string of the molecule is Cc1ccc(C(C)NCC2(O)CCCCC2)cc1. The van der Waals surface area contributed by atoms with Crippen molar-refractivity contribution in [3.8, 4) is 0 Å². The van der Waals surface area contributed by atoms with Crippen LogP contribution in [0.5, 0.6) is 0 Å². The van der Waals surface area contributed by atoms with Crippen molar-refractivity contribution in [2.24, 2.45) is 0 Å². The molecule has 0 heterocycles. The summed E-state index contributed by atoms with van der Waals surface area (Å²) in [6.07, 6.45) is 5.49. The van der Waals surface area contributed by atoms with E-state index in [1.54, 1.807) is 0 Å². The van der Waals surface area contributed by atoms with Crippen molar-refractivity contribution in [2.75, 3.05) is 6.54 Å². The summed E-state index contributed by atoms with van der Waals surface area (Å²) in [4.78, 5) is 0. The van der Waals surface area contributed by atoms with E-state index in [-0.39, 0.29) is 0 Å². The summed E-state index contributed by atoms with van der Waals surface area (Å²) in [5.41, 5.74) is 2.11. The molecule has 0 amide bonds. The summed E-state index contributed by atoms with van der Waals surface area (Å²) >= 11 is 0. The van der Waals surface area contributed by atoms with Gasteiger partial charge in [0.25, 0.3) is 0 Å². The van der Waals surface area contributed by atoms with Crippen LogP contribution in [0.25, 0.3) is 0 Å². The van der Waals surface area contributed by atoms with Gasteiger partial charge in [0.15, 0.2) is 0 Å². The van der Waals surface area contributed by atoms with Gasteiger partial charge in [-0.15, -0.1) is 0 Å². The van der Waals surface area contributed by atoms with Crippen molar-refractivity contribution < 1.29 is 5.11 Å². The average molecular weight is 247 g/mol. The highest BCUT2D eigenvalue weighted by Crippen LogP contribution is 2.28. The zero-order valence-electron chi connectivity index (χ0n) is 11.6. The second-order valence-corrected chi connectivity index (χ2v) is 5.80. The third-order valence-electron chi connectivity index (χ3n) is 4.10. The fourth-order valence-corrected chi connectivity index (χ4v) is 2.70. The molecular weight excluding hydrogens is 222 g/mol. The highest BCUT2D eigenvalue weighted by atomic mass is 16.3. The summed E-state index contributed by atoms with van der Waals surface area (Å²) < 4.78 is 0. The van der Waals surface area contributed by atoms with E-state index in [0.717, 1.165) is 25.7 Å². The minimum absolute atomic E-state index is 0.302. The molecule has 1 unspecified atom stereocenters. The maximum Gasteiger partial charge on any atom is 0.0771 e. The minimum Gasteiger partial charge on any atom is -0.389 e. The van der Waals surface area contributed by atoms with Gasteiger partial charge in [-0.3, -0.25) is 0 Å². The van der Waals surface area contributed by atoms with Gasteiger partial charge in [-0.2, -0.15) is 0 Å². The molecule has 0 spiro atoms. The van der Waals surface area contributed by atoms with Crippen LogP contribution in [0.15, 0.2) is 24.3 Å². The number of aliphatic hydroxyl groups is 1. The molecule has 0 bridgehead atoms. The molecule has 2 rings (SSSR count). The summed E-state index contributed by atoms with van der Waals surface area (Å²) in [6, 6.07) is 8.91. The van der Waals surface area contributed by atoms with Crippen molar-refractivity contribution in [3.63, 3.8) is 0 Å². The maximum absolute atomic E-state index is 10.4. The van der Waals surface area contributed by atoms with Crippen LogP contribution in [-0.2, 0) is 0 Å². The fourth-order valence-electron chi connectivity index (χ4n) is 2.70. The Morgan fingerprint density at radius 3 is 2.39 bits per heavy atom. The van der Waals surface area contributed by atoms with Gasteiger partial charge in [0, 0.05) is 12.6 Å². The van der Waals surface area contributed by atoms with Gasteiger partial charge in [-0.25, -0.2) is 0 Å². The first-order valence-corrected chi connectivity index (χ1v) is 7.11. The van der Waals surface area contributed by atoms with Crippen molar-refractivity contribution in [1.82, 2.24) is 5.32 Å². The zero-order chi connectivity index (χ0) is 13.0. The van der Waals surface area contributed by atoms with Crippen LogP contribution < -0.4 is 5.32 Å². The van der Waals surface area contributed by atoms with Crippen LogP contribution >= 0.6 is 0 Å². The Morgan fingerprint density at radius 1 is 1.17 bits per heavy atom. The van der Waals surface area contributed by atoms with Crippen LogP contribution in [0, 0.1) is 6.92 Å². The lowest BCUT2D eigenvalue weighted by Crippen LogP contribution is -2.42. The van der Waals surface area contributed by atoms with Crippen LogP contribution in [0.1, 0.15) is 56.2 Å². The zero-order valence-corrected chi connectivity index (χ0v) is 11.6. The number of hydrogen-bond acceptors (Lipinski definition) is 2. The van der Waals surface area contributed by atoms with Gasteiger partial charge in [0.2, 0.25) is 0 Å². The number of aryl methyl sites for hydroxylation is 1. The van der Waals surface area contributed by atoms with Gasteiger partial charge in [-0.1, -0.05) is 49.1 Å². The Labute approximate surface area is 110 Å². The molecule has 2 N–H and O–H groups in total. The molecule has 0 aliphatic heterocycles. The molecule has 2 heteroatoms. The fraction of sp³-hybridized carbons (Fsp3) is 0.625. The Kier molecular flexibility index (Phi) is 4.41. The molecule has 0 aromatic heterocycles. The van der Waals surface area contributed by atoms with Crippen molar-refractivity contribution >= 4 is 0 Å². The third kappa shape index (κ3) is 3.56. The van der Waals surface area contributed by atoms with E-state index in [2.05, 4.69) is 43.4 Å². The van der Waals surface area contributed by atoms with Gasteiger partial charge >= 0.3 is 0 Å². The van der Waals surface area contributed by atoms with Gasteiger partial charge < -0.3 is 10.4 Å². The molecule has 2 nitrogen and oxygen atoms in total. The lowest BCUT2D eigenvalue weighted by atomic mass is 9.84. The molecular formula is C16H25NO. The summed E-state index contributed by atoms with van der Waals surface area (Å²) in [7, 11) is 0. The van der Waals surface area contributed by atoms with Gasteiger partial charge in [0.1, 0.15) is 0 Å². The van der Waals surface area contributed by atoms with Crippen molar-refractivity contribution in [1.29, 1.82) is 0 Å². The first-order valence-electron chi connectivity index (χ1n) is 7.11. The second-order valence-electron chi connectivity index (χ2n) is 5.80. The van der Waals surface area contributed by atoms with Crippen LogP contribution in [0.3, 0.4) is 0 Å². The first kappa shape index (κ1) is 13.6. The van der Waals surface area contributed by atoms with Gasteiger partial charge in [-0.05, 0) is 32.3 Å². The smallest absolute Gasteiger partial charge is 0.0771 e. The lowest BCUT2D eigenvalue weighted by Gasteiger charge is -2.33. The number of nitrogens with one attached hydrogen (secondary N) is 1. The standard InChI is InChI=1S/C16H25NO/c1-13-6-8-15(9-7-13)14(2)17-12-16(18)10-4-3-5-11-16/h6-9,14,17-18H,3-5,10-12H2,1-2H3. The summed E-state index contributed by atoms with van der Waals surface area (Å²) in [5, 5.41) is 13.9. The summed E-state index contributed by atoms with van der Waals surface area (Å²) in [6.45, 7) is 4.98. The topological polar surface area (TPSA) is 32.3 Å². The third-order valence-corrected chi connectivity index (χ3v) is 4.10. The highest BCUT2D eigenvalue weighted by molar-refractivity contribution is 5.23. The molecule has 0 radical (unpaired) electrons. The van der Waals surface area contributed by atoms with Crippen LogP contribution in [0.2, 0.25) is 0 Å². The van der Waals surface area contributed by atoms with Gasteiger partial charge in [0.05, 0.1) is 5.60 Å². The largest absolute Gasteiger partial charge is 0.389 e. The highest BCUT2D eigenvalue weighted by Gasteiger charge is 2.29. The quantitative estimate of drug-likeness (QED) is 0.855. The van der Waals surface area contributed by atoms with Crippen LogP contribution in [0.4, 0.5) is 0 Å². The van der Waals surface area contributed by atoms with E-state index in [4.69, 9.17) is 0 Å². The van der Waals surface area contributed by atoms with E-state index < -0.39 is 5.60 Å². The molecule has 1 aromatic carbocycles. The Balaban J connectivity index is 1.87. The van der Waals surface area contributed by atoms with Crippen LogP contribution in [-0.4, -0.2) is 17.3 Å². The molecule has 1 aliphatic carbocycles. The number of hydrogen-bond donors (Lipinski definition) is 2. The van der Waals surface area contributed by atoms with E-state index in [0.29, 0.717) is 12.6 Å². The van der Waals surface area contributed by atoms with E-state index in [1.807, 2.05) is 0 Å². The summed E-state index contributed by atoms with van der Waals surface area (Å²) in [5.74, 6) is 0. The Hall–Kier alpha value is -0.860. The van der Waals surface area contributed by atoms with Crippen molar-refractivity contribution in [3.05, 3.63) is 35.4 Å². The van der Waals surface area contributed by atoms with E-state index in [9.17, 15) is 5.11 Å². The Morgan fingerprint density at radius 2 is 1.78 bits per heavy atom. The molecule has 100 valence electrons. The monoisotopic (exact) mass is 247 g/mol. The molecule has 1 aromatic rings. The molecule has 1 fully saturated rings. The normalized spacial score (nSPS) is 20.6. The first-order chi connectivity index (χ1) is 8.59. The maximum atomic E-state index is 10.4. The number of benzene rings is 1. The van der Waals surface area contributed by atoms with Crippen molar-refractivity contribution in [2.45, 2.75) is 57.6 Å². The Bertz CT molecular complexity index is 365. The van der Waals surface area contributed by atoms with E-state index >= 15 is 0 Å². The number of rotatable bonds is 4.